The first-order valence-electron chi connectivity index (χ1n) is 7.50. The molecule has 0 spiro atoms. The highest BCUT2D eigenvalue weighted by Crippen LogP contribution is 2.24. The maximum atomic E-state index is 12.5. The highest BCUT2D eigenvalue weighted by molar-refractivity contribution is 6.00. The van der Waals surface area contributed by atoms with Crippen LogP contribution < -0.4 is 0 Å². The first kappa shape index (κ1) is 14.3. The maximum Gasteiger partial charge on any atom is 0.170 e. The van der Waals surface area contributed by atoms with Crippen molar-refractivity contribution < 1.29 is 4.79 Å². The largest absolute Gasteiger partial charge is 0.294 e. The molecule has 0 saturated carbocycles. The van der Waals surface area contributed by atoms with E-state index in [0.717, 1.165) is 11.1 Å². The number of Topliss-reactive ketones (excluding diaryl/α,β-unsaturated/α-hetero) is 1. The molecule has 0 fully saturated rings. The monoisotopic (exact) mass is 286 g/mol. The summed E-state index contributed by atoms with van der Waals surface area (Å²) in [4.78, 5) is 12.5. The van der Waals surface area contributed by atoms with Crippen molar-refractivity contribution in [2.45, 2.75) is 12.8 Å². The second-order valence-electron chi connectivity index (χ2n) is 5.44. The van der Waals surface area contributed by atoms with Crippen molar-refractivity contribution in [2.75, 3.05) is 0 Å². The van der Waals surface area contributed by atoms with E-state index in [-0.39, 0.29) is 11.7 Å². The molecule has 1 nitrogen and oxygen atoms in total. The Morgan fingerprint density at radius 1 is 0.682 bits per heavy atom. The van der Waals surface area contributed by atoms with Crippen molar-refractivity contribution in [3.05, 3.63) is 96.1 Å². The van der Waals surface area contributed by atoms with E-state index in [2.05, 4.69) is 24.3 Å². The topological polar surface area (TPSA) is 17.1 Å². The zero-order valence-electron chi connectivity index (χ0n) is 12.6. The number of carbonyl (C=O) groups is 1. The lowest BCUT2D eigenvalue weighted by atomic mass is 9.91. The van der Waals surface area contributed by atoms with Gasteiger partial charge in [-0.05, 0) is 16.7 Å². The third-order valence-corrected chi connectivity index (χ3v) is 3.97. The Hall–Kier alpha value is -2.67. The Balaban J connectivity index is 1.82. The molecule has 0 aromatic heterocycles. The summed E-state index contributed by atoms with van der Waals surface area (Å²) < 4.78 is 0. The van der Waals surface area contributed by atoms with Crippen LogP contribution in [0.1, 0.15) is 28.8 Å². The van der Waals surface area contributed by atoms with Crippen LogP contribution in [0.25, 0.3) is 11.1 Å². The van der Waals surface area contributed by atoms with E-state index in [1.165, 1.54) is 11.1 Å². The quantitative estimate of drug-likeness (QED) is 0.592. The van der Waals surface area contributed by atoms with E-state index in [4.69, 9.17) is 0 Å². The summed E-state index contributed by atoms with van der Waals surface area (Å²) in [7, 11) is 0. The molecule has 108 valence electrons. The van der Waals surface area contributed by atoms with Crippen molar-refractivity contribution in [2.24, 2.45) is 0 Å². The average molecular weight is 286 g/mol. The van der Waals surface area contributed by atoms with Gasteiger partial charge in [-0.3, -0.25) is 4.79 Å². The van der Waals surface area contributed by atoms with Crippen LogP contribution in [0, 0.1) is 0 Å². The SMILES string of the molecule is C[C@H](C(=O)c1ccccc1)c1ccc(-c2ccccc2)cc1. The van der Waals surface area contributed by atoms with Gasteiger partial charge in [0.15, 0.2) is 5.78 Å². The Morgan fingerprint density at radius 2 is 1.18 bits per heavy atom. The molecule has 1 atom stereocenters. The van der Waals surface area contributed by atoms with Gasteiger partial charge >= 0.3 is 0 Å². The van der Waals surface area contributed by atoms with Gasteiger partial charge in [0.25, 0.3) is 0 Å². The molecule has 3 rings (SSSR count). The minimum absolute atomic E-state index is 0.132. The fourth-order valence-electron chi connectivity index (χ4n) is 2.60. The summed E-state index contributed by atoms with van der Waals surface area (Å²) in [5.74, 6) is 0.0280. The molecule has 0 aliphatic rings. The highest BCUT2D eigenvalue weighted by Gasteiger charge is 2.16. The van der Waals surface area contributed by atoms with Crippen LogP contribution in [0.4, 0.5) is 0 Å². The lowest BCUT2D eigenvalue weighted by molar-refractivity contribution is 0.0966. The van der Waals surface area contributed by atoms with Crippen molar-refractivity contribution in [1.82, 2.24) is 0 Å². The number of hydrogen-bond donors (Lipinski definition) is 0. The van der Waals surface area contributed by atoms with Gasteiger partial charge in [-0.25, -0.2) is 0 Å². The Bertz CT molecular complexity index is 743. The van der Waals surface area contributed by atoms with Gasteiger partial charge in [-0.15, -0.1) is 0 Å². The molecule has 0 unspecified atom stereocenters. The number of ketones is 1. The number of rotatable bonds is 4. The molecule has 1 heteroatoms. The molecule has 22 heavy (non-hydrogen) atoms. The van der Waals surface area contributed by atoms with Crippen LogP contribution in [-0.2, 0) is 0 Å². The second-order valence-corrected chi connectivity index (χ2v) is 5.44. The van der Waals surface area contributed by atoms with Crippen LogP contribution in [0.15, 0.2) is 84.9 Å². The standard InChI is InChI=1S/C21H18O/c1-16(21(22)20-10-6-3-7-11-20)17-12-14-19(15-13-17)18-8-4-2-5-9-18/h2-16H,1H3/t16-/m0/s1. The number of hydrogen-bond acceptors (Lipinski definition) is 1. The smallest absolute Gasteiger partial charge is 0.170 e. The van der Waals surface area contributed by atoms with Crippen molar-refractivity contribution >= 4 is 5.78 Å². The molecular formula is C21H18O. The molecular weight excluding hydrogens is 268 g/mol. The van der Waals surface area contributed by atoms with E-state index in [9.17, 15) is 4.79 Å². The van der Waals surface area contributed by atoms with Crippen LogP contribution in [0.2, 0.25) is 0 Å². The van der Waals surface area contributed by atoms with Crippen molar-refractivity contribution in [3.8, 4) is 11.1 Å². The normalized spacial score (nSPS) is 11.9. The third-order valence-electron chi connectivity index (χ3n) is 3.97. The zero-order chi connectivity index (χ0) is 15.4. The molecule has 0 amide bonds. The Morgan fingerprint density at radius 3 is 1.77 bits per heavy atom. The number of benzene rings is 3. The molecule has 0 aliphatic heterocycles. The molecule has 0 aliphatic carbocycles. The fraction of sp³-hybridized carbons (Fsp3) is 0.0952. The van der Waals surface area contributed by atoms with Gasteiger partial charge in [0, 0.05) is 11.5 Å². The molecule has 3 aromatic carbocycles. The third kappa shape index (κ3) is 2.99. The minimum Gasteiger partial charge on any atom is -0.294 e. The molecule has 3 aromatic rings. The first-order valence-corrected chi connectivity index (χ1v) is 7.50. The average Bonchev–Trinajstić information content (AvgIpc) is 2.62. The van der Waals surface area contributed by atoms with Gasteiger partial charge in [0.2, 0.25) is 0 Å². The fourth-order valence-corrected chi connectivity index (χ4v) is 2.60. The minimum atomic E-state index is -0.132. The zero-order valence-corrected chi connectivity index (χ0v) is 12.6. The van der Waals surface area contributed by atoms with E-state index in [0.29, 0.717) is 0 Å². The summed E-state index contributed by atoms with van der Waals surface area (Å²) >= 11 is 0. The Kier molecular flexibility index (Phi) is 4.15. The predicted molar refractivity (Wildman–Crippen MR) is 91.1 cm³/mol. The highest BCUT2D eigenvalue weighted by atomic mass is 16.1. The first-order chi connectivity index (χ1) is 10.8. The van der Waals surface area contributed by atoms with Crippen molar-refractivity contribution in [1.29, 1.82) is 0 Å². The predicted octanol–water partition coefficient (Wildman–Crippen LogP) is 5.34. The lowest BCUT2D eigenvalue weighted by Crippen LogP contribution is -2.09. The number of carbonyl (C=O) groups excluding carboxylic acids is 1. The van der Waals surface area contributed by atoms with Crippen LogP contribution >= 0.6 is 0 Å². The van der Waals surface area contributed by atoms with E-state index in [1.54, 1.807) is 0 Å². The van der Waals surface area contributed by atoms with Gasteiger partial charge in [0.1, 0.15) is 0 Å². The van der Waals surface area contributed by atoms with Gasteiger partial charge < -0.3 is 0 Å². The van der Waals surface area contributed by atoms with Crippen molar-refractivity contribution in [3.63, 3.8) is 0 Å². The summed E-state index contributed by atoms with van der Waals surface area (Å²) in [6.45, 7) is 1.97. The maximum absolute atomic E-state index is 12.5. The van der Waals surface area contributed by atoms with Gasteiger partial charge in [-0.2, -0.15) is 0 Å². The molecule has 0 heterocycles. The van der Waals surface area contributed by atoms with Crippen LogP contribution in [-0.4, -0.2) is 5.78 Å². The lowest BCUT2D eigenvalue weighted by Gasteiger charge is -2.12. The van der Waals surface area contributed by atoms with E-state index >= 15 is 0 Å². The summed E-state index contributed by atoms with van der Waals surface area (Å²) in [5.41, 5.74) is 4.18. The summed E-state index contributed by atoms with van der Waals surface area (Å²) in [6.07, 6.45) is 0. The van der Waals surface area contributed by atoms with Gasteiger partial charge in [-0.1, -0.05) is 91.9 Å². The van der Waals surface area contributed by atoms with Gasteiger partial charge in [0.05, 0.1) is 0 Å². The van der Waals surface area contributed by atoms with E-state index in [1.807, 2.05) is 67.6 Å². The second kappa shape index (κ2) is 6.40. The summed E-state index contributed by atoms with van der Waals surface area (Å²) in [6, 6.07) is 28.0. The van der Waals surface area contributed by atoms with Crippen LogP contribution in [0.5, 0.6) is 0 Å². The van der Waals surface area contributed by atoms with Crippen LogP contribution in [0.3, 0.4) is 0 Å². The van der Waals surface area contributed by atoms with E-state index < -0.39 is 0 Å². The molecule has 0 radical (unpaired) electrons. The molecule has 0 bridgehead atoms. The molecule has 0 N–H and O–H groups in total. The molecule has 0 saturated heterocycles. The summed E-state index contributed by atoms with van der Waals surface area (Å²) in [5, 5.41) is 0. The Labute approximate surface area is 131 Å².